The lowest BCUT2D eigenvalue weighted by Gasteiger charge is -2.35. The fourth-order valence-electron chi connectivity index (χ4n) is 2.59. The topological polar surface area (TPSA) is 55.6 Å². The van der Waals surface area contributed by atoms with Gasteiger partial charge in [-0.05, 0) is 37.0 Å². The van der Waals surface area contributed by atoms with E-state index in [1.165, 1.54) is 6.42 Å². The Balaban J connectivity index is 2.09. The van der Waals surface area contributed by atoms with Crippen LogP contribution in [0.1, 0.15) is 35.2 Å². The fraction of sp³-hybridized carbons (Fsp3) is 0.533. The summed E-state index contributed by atoms with van der Waals surface area (Å²) in [5.74, 6) is 0.0964. The molecule has 0 aliphatic carbocycles. The number of methoxy groups -OCH3 is 1. The number of nitrogens with two attached hydrogens (primary N) is 1. The van der Waals surface area contributed by atoms with E-state index in [1.807, 2.05) is 29.2 Å². The largest absolute Gasteiger partial charge is 0.380 e. The van der Waals surface area contributed by atoms with Gasteiger partial charge in [-0.25, -0.2) is 0 Å². The first-order valence-corrected chi connectivity index (χ1v) is 6.85. The molecule has 1 amide bonds. The molecule has 19 heavy (non-hydrogen) atoms. The SMILES string of the molecule is COCc1ccc(C(=O)N2CCCCC2CN)cc1. The van der Waals surface area contributed by atoms with Crippen LogP contribution in [0.25, 0.3) is 0 Å². The number of carbonyl (C=O) groups excluding carboxylic acids is 1. The molecule has 1 fully saturated rings. The van der Waals surface area contributed by atoms with E-state index < -0.39 is 0 Å². The molecule has 1 unspecified atom stereocenters. The van der Waals surface area contributed by atoms with Crippen molar-refractivity contribution in [3.8, 4) is 0 Å². The highest BCUT2D eigenvalue weighted by atomic mass is 16.5. The number of ether oxygens (including phenoxy) is 1. The Labute approximate surface area is 114 Å². The van der Waals surface area contributed by atoms with E-state index in [0.717, 1.165) is 30.5 Å². The molecule has 0 aromatic heterocycles. The predicted octanol–water partition coefficient (Wildman–Crippen LogP) is 1.79. The van der Waals surface area contributed by atoms with Crippen molar-refractivity contribution < 1.29 is 9.53 Å². The molecule has 0 spiro atoms. The van der Waals surface area contributed by atoms with Gasteiger partial charge in [0.2, 0.25) is 0 Å². The molecule has 0 saturated carbocycles. The molecule has 1 aromatic rings. The average molecular weight is 262 g/mol. The van der Waals surface area contributed by atoms with Gasteiger partial charge in [-0.15, -0.1) is 0 Å². The van der Waals surface area contributed by atoms with Gasteiger partial charge in [0.15, 0.2) is 0 Å². The van der Waals surface area contributed by atoms with E-state index >= 15 is 0 Å². The number of hydrogen-bond acceptors (Lipinski definition) is 3. The lowest BCUT2D eigenvalue weighted by molar-refractivity contribution is 0.0623. The molecular weight excluding hydrogens is 240 g/mol. The van der Waals surface area contributed by atoms with Crippen LogP contribution in [0.15, 0.2) is 24.3 Å². The molecule has 0 radical (unpaired) electrons. The minimum atomic E-state index is 0.0964. The lowest BCUT2D eigenvalue weighted by atomic mass is 10.0. The van der Waals surface area contributed by atoms with Gasteiger partial charge < -0.3 is 15.4 Å². The fourth-order valence-corrected chi connectivity index (χ4v) is 2.59. The molecule has 1 aliphatic heterocycles. The Bertz CT molecular complexity index is 417. The van der Waals surface area contributed by atoms with Gasteiger partial charge in [-0.2, -0.15) is 0 Å². The standard InChI is InChI=1S/C15H22N2O2/c1-19-11-12-5-7-13(8-6-12)15(18)17-9-3-2-4-14(17)10-16/h5-8,14H,2-4,9-11,16H2,1H3. The zero-order valence-corrected chi connectivity index (χ0v) is 11.5. The highest BCUT2D eigenvalue weighted by molar-refractivity contribution is 5.94. The maximum absolute atomic E-state index is 12.5. The van der Waals surface area contributed by atoms with Gasteiger partial charge in [0.05, 0.1) is 6.61 Å². The number of likely N-dealkylation sites (tertiary alicyclic amines) is 1. The highest BCUT2D eigenvalue weighted by Gasteiger charge is 2.26. The number of piperidine rings is 1. The Morgan fingerprint density at radius 2 is 2.11 bits per heavy atom. The summed E-state index contributed by atoms with van der Waals surface area (Å²) in [6.45, 7) is 1.94. The second kappa shape index (κ2) is 6.68. The van der Waals surface area contributed by atoms with Crippen molar-refractivity contribution in [3.05, 3.63) is 35.4 Å². The summed E-state index contributed by atoms with van der Waals surface area (Å²) in [6, 6.07) is 7.83. The molecule has 1 atom stereocenters. The van der Waals surface area contributed by atoms with Crippen LogP contribution >= 0.6 is 0 Å². The Morgan fingerprint density at radius 3 is 2.74 bits per heavy atom. The summed E-state index contributed by atoms with van der Waals surface area (Å²) in [7, 11) is 1.67. The monoisotopic (exact) mass is 262 g/mol. The number of benzene rings is 1. The van der Waals surface area contributed by atoms with E-state index in [-0.39, 0.29) is 11.9 Å². The van der Waals surface area contributed by atoms with Gasteiger partial charge in [0.25, 0.3) is 5.91 Å². The van der Waals surface area contributed by atoms with E-state index in [9.17, 15) is 4.79 Å². The van der Waals surface area contributed by atoms with Crippen LogP contribution in [-0.4, -0.2) is 37.0 Å². The van der Waals surface area contributed by atoms with Crippen LogP contribution in [0.5, 0.6) is 0 Å². The van der Waals surface area contributed by atoms with Crippen LogP contribution in [0, 0.1) is 0 Å². The minimum absolute atomic E-state index is 0.0964. The smallest absolute Gasteiger partial charge is 0.254 e. The second-order valence-corrected chi connectivity index (χ2v) is 5.01. The highest BCUT2D eigenvalue weighted by Crippen LogP contribution is 2.19. The Hall–Kier alpha value is -1.39. The molecule has 1 aromatic carbocycles. The van der Waals surface area contributed by atoms with Crippen molar-refractivity contribution in [3.63, 3.8) is 0 Å². The summed E-state index contributed by atoms with van der Waals surface area (Å²) in [5.41, 5.74) is 7.58. The van der Waals surface area contributed by atoms with Crippen molar-refractivity contribution in [2.45, 2.75) is 31.9 Å². The third-order valence-corrected chi connectivity index (χ3v) is 3.67. The van der Waals surface area contributed by atoms with Crippen LogP contribution in [0.2, 0.25) is 0 Å². The Kier molecular flexibility index (Phi) is 4.93. The molecule has 4 nitrogen and oxygen atoms in total. The summed E-state index contributed by atoms with van der Waals surface area (Å²) < 4.78 is 5.07. The quantitative estimate of drug-likeness (QED) is 0.900. The number of hydrogen-bond donors (Lipinski definition) is 1. The summed E-state index contributed by atoms with van der Waals surface area (Å²) in [5, 5.41) is 0. The maximum atomic E-state index is 12.5. The second-order valence-electron chi connectivity index (χ2n) is 5.01. The third-order valence-electron chi connectivity index (χ3n) is 3.67. The van der Waals surface area contributed by atoms with Crippen LogP contribution in [-0.2, 0) is 11.3 Å². The summed E-state index contributed by atoms with van der Waals surface area (Å²) in [4.78, 5) is 14.4. The molecule has 2 rings (SSSR count). The van der Waals surface area contributed by atoms with Gasteiger partial charge in [-0.3, -0.25) is 4.79 Å². The zero-order valence-electron chi connectivity index (χ0n) is 11.5. The van der Waals surface area contributed by atoms with Crippen LogP contribution in [0.4, 0.5) is 0 Å². The van der Waals surface area contributed by atoms with Crippen molar-refractivity contribution in [1.82, 2.24) is 4.90 Å². The van der Waals surface area contributed by atoms with E-state index in [0.29, 0.717) is 13.2 Å². The Morgan fingerprint density at radius 1 is 1.37 bits per heavy atom. The average Bonchev–Trinajstić information content (AvgIpc) is 2.47. The number of carbonyl (C=O) groups is 1. The van der Waals surface area contributed by atoms with E-state index in [4.69, 9.17) is 10.5 Å². The third kappa shape index (κ3) is 3.33. The first-order valence-electron chi connectivity index (χ1n) is 6.85. The first kappa shape index (κ1) is 14.0. The van der Waals surface area contributed by atoms with Gasteiger partial charge in [0.1, 0.15) is 0 Å². The first-order chi connectivity index (χ1) is 9.26. The normalized spacial score (nSPS) is 19.5. The molecule has 1 aliphatic rings. The van der Waals surface area contributed by atoms with Crippen LogP contribution < -0.4 is 5.73 Å². The van der Waals surface area contributed by atoms with Crippen molar-refractivity contribution in [1.29, 1.82) is 0 Å². The predicted molar refractivity (Wildman–Crippen MR) is 74.9 cm³/mol. The van der Waals surface area contributed by atoms with E-state index in [1.54, 1.807) is 7.11 Å². The summed E-state index contributed by atoms with van der Waals surface area (Å²) >= 11 is 0. The van der Waals surface area contributed by atoms with Crippen molar-refractivity contribution >= 4 is 5.91 Å². The molecule has 4 heteroatoms. The van der Waals surface area contributed by atoms with Crippen molar-refractivity contribution in [2.24, 2.45) is 5.73 Å². The summed E-state index contributed by atoms with van der Waals surface area (Å²) in [6.07, 6.45) is 3.26. The molecule has 0 bridgehead atoms. The molecule has 1 saturated heterocycles. The molecule has 2 N–H and O–H groups in total. The number of amides is 1. The van der Waals surface area contributed by atoms with Crippen molar-refractivity contribution in [2.75, 3.05) is 20.2 Å². The number of rotatable bonds is 4. The molecular formula is C15H22N2O2. The van der Waals surface area contributed by atoms with Gasteiger partial charge in [0, 0.05) is 31.8 Å². The zero-order chi connectivity index (χ0) is 13.7. The van der Waals surface area contributed by atoms with Gasteiger partial charge >= 0.3 is 0 Å². The molecule has 1 heterocycles. The minimum Gasteiger partial charge on any atom is -0.380 e. The maximum Gasteiger partial charge on any atom is 0.254 e. The van der Waals surface area contributed by atoms with Gasteiger partial charge in [-0.1, -0.05) is 12.1 Å². The molecule has 104 valence electrons. The lowest BCUT2D eigenvalue weighted by Crippen LogP contribution is -2.47. The number of nitrogens with zero attached hydrogens (tertiary/aromatic N) is 1. The van der Waals surface area contributed by atoms with E-state index in [2.05, 4.69) is 0 Å². The van der Waals surface area contributed by atoms with Crippen LogP contribution in [0.3, 0.4) is 0 Å².